The molecule has 0 saturated heterocycles. The monoisotopic (exact) mass is 242 g/mol. The Labute approximate surface area is 79.4 Å². The molecule has 0 atom stereocenters. The van der Waals surface area contributed by atoms with Gasteiger partial charge < -0.3 is 36.3 Å². The van der Waals surface area contributed by atoms with Crippen molar-refractivity contribution in [3.63, 3.8) is 0 Å². The van der Waals surface area contributed by atoms with Crippen LogP contribution in [0.1, 0.15) is 13.8 Å². The molecule has 0 aromatic carbocycles. The molecule has 0 heterocycles. The van der Waals surface area contributed by atoms with E-state index in [9.17, 15) is 19.6 Å². The van der Waals surface area contributed by atoms with Crippen LogP contribution in [0.2, 0.25) is 0 Å². The van der Waals surface area contributed by atoms with E-state index >= 15 is 0 Å². The van der Waals surface area contributed by atoms with Crippen LogP contribution in [0.4, 0.5) is 0 Å². The summed E-state index contributed by atoms with van der Waals surface area (Å²) < 4.78 is 0. The molecule has 0 N–H and O–H groups in total. The van der Waals surface area contributed by atoms with Gasteiger partial charge in [-0.05, 0) is 0 Å². The minimum atomic E-state index is -2.10. The normalized spacial score (nSPS) is 8.73. The second-order valence-electron chi connectivity index (χ2n) is 1.30. The van der Waals surface area contributed by atoms with Crippen molar-refractivity contribution in [1.82, 2.24) is 0 Å². The summed E-state index contributed by atoms with van der Waals surface area (Å²) in [6.45, 7) is 3.21. The van der Waals surface area contributed by atoms with E-state index in [4.69, 9.17) is 0 Å². The standard InChI is InChI=1S/2C2H5O2P.Ni/c2*1-2-5(3)4;/h2*2H2,1H3;/q2*-2;+4. The van der Waals surface area contributed by atoms with Crippen LogP contribution < -0.4 is 19.6 Å². The van der Waals surface area contributed by atoms with E-state index in [2.05, 4.69) is 0 Å². The molecule has 0 aliphatic heterocycles. The summed E-state index contributed by atoms with van der Waals surface area (Å²) in [5.74, 6) is 0. The second kappa shape index (κ2) is 13.8. The Morgan fingerprint density at radius 2 is 0.909 bits per heavy atom. The van der Waals surface area contributed by atoms with Crippen molar-refractivity contribution >= 4 is 16.8 Å². The maximum atomic E-state index is 9.41. The van der Waals surface area contributed by atoms with E-state index in [1.807, 2.05) is 0 Å². The summed E-state index contributed by atoms with van der Waals surface area (Å²) in [4.78, 5) is 37.6. The van der Waals surface area contributed by atoms with E-state index in [0.29, 0.717) is 0 Å². The van der Waals surface area contributed by atoms with Crippen molar-refractivity contribution in [3.05, 3.63) is 0 Å². The van der Waals surface area contributed by atoms with Gasteiger partial charge in [0.1, 0.15) is 0 Å². The van der Waals surface area contributed by atoms with Crippen LogP contribution in [0.25, 0.3) is 0 Å². The third kappa shape index (κ3) is 35.1. The molecule has 0 aromatic rings. The average Bonchev–Trinajstić information content (AvgIpc) is 1.89. The second-order valence-corrected chi connectivity index (χ2v) is 3.89. The van der Waals surface area contributed by atoms with E-state index in [0.717, 1.165) is 0 Å². The van der Waals surface area contributed by atoms with E-state index in [1.54, 1.807) is 13.8 Å². The molecule has 11 heavy (non-hydrogen) atoms. The van der Waals surface area contributed by atoms with Gasteiger partial charge in [0.05, 0.1) is 0 Å². The number of hydrogen-bond donors (Lipinski definition) is 0. The Balaban J connectivity index is -0.000000107. The van der Waals surface area contributed by atoms with E-state index < -0.39 is 16.8 Å². The first-order valence-corrected chi connectivity index (χ1v) is 5.50. The maximum absolute atomic E-state index is 9.41. The van der Waals surface area contributed by atoms with Crippen LogP contribution in [0.15, 0.2) is 0 Å². The largest absolute Gasteiger partial charge is 4.00 e. The zero-order valence-electron chi connectivity index (χ0n) is 6.26. The molecule has 0 rings (SSSR count). The fourth-order valence-electron chi connectivity index (χ4n) is 0. The van der Waals surface area contributed by atoms with Gasteiger partial charge in [-0.2, -0.15) is 0 Å². The van der Waals surface area contributed by atoms with Crippen molar-refractivity contribution in [2.24, 2.45) is 0 Å². The molecule has 0 unspecified atom stereocenters. The summed E-state index contributed by atoms with van der Waals surface area (Å²) in [7, 11) is -4.20. The molecular formula is C4H10NiO4P2. The molecule has 0 aliphatic rings. The zero-order valence-corrected chi connectivity index (χ0v) is 9.03. The molecule has 4 nitrogen and oxygen atoms in total. The van der Waals surface area contributed by atoms with Crippen molar-refractivity contribution in [2.75, 3.05) is 12.3 Å². The predicted octanol–water partition coefficient (Wildman–Crippen LogP) is -1.92. The fourth-order valence-corrected chi connectivity index (χ4v) is 0. The van der Waals surface area contributed by atoms with Crippen LogP contribution in [0.3, 0.4) is 0 Å². The maximum Gasteiger partial charge on any atom is 4.00 e. The van der Waals surface area contributed by atoms with Crippen LogP contribution in [-0.2, 0) is 16.5 Å². The third-order valence-corrected chi connectivity index (χ3v) is 1.55. The minimum absolute atomic E-state index is 0. The van der Waals surface area contributed by atoms with Gasteiger partial charge in [-0.15, -0.1) is 0 Å². The predicted molar refractivity (Wildman–Crippen MR) is 34.9 cm³/mol. The molecule has 0 amide bonds. The van der Waals surface area contributed by atoms with Gasteiger partial charge in [-0.1, -0.05) is 26.2 Å². The molecular weight excluding hydrogens is 233 g/mol. The summed E-state index contributed by atoms with van der Waals surface area (Å²) in [6, 6.07) is 0. The summed E-state index contributed by atoms with van der Waals surface area (Å²) in [6.07, 6.45) is 0.519. The molecule has 0 fully saturated rings. The smallest absolute Gasteiger partial charge is 0.842 e. The molecule has 0 aromatic heterocycles. The number of hydrogen-bond acceptors (Lipinski definition) is 4. The van der Waals surface area contributed by atoms with Crippen molar-refractivity contribution in [2.45, 2.75) is 13.8 Å². The first-order chi connectivity index (χ1) is 4.54. The minimum Gasteiger partial charge on any atom is -0.842 e. The van der Waals surface area contributed by atoms with Gasteiger partial charge in [-0.3, -0.25) is 0 Å². The number of rotatable bonds is 2. The Bertz CT molecular complexity index is 56.1. The molecule has 0 spiro atoms. The first-order valence-electron chi connectivity index (χ1n) is 2.78. The van der Waals surface area contributed by atoms with Gasteiger partial charge in [-0.25, -0.2) is 0 Å². The van der Waals surface area contributed by atoms with Gasteiger partial charge in [0.2, 0.25) is 0 Å². The fraction of sp³-hybridized carbons (Fsp3) is 1.00. The molecule has 70 valence electrons. The summed E-state index contributed by atoms with van der Waals surface area (Å²) in [5, 5.41) is 0. The van der Waals surface area contributed by atoms with Gasteiger partial charge in [0.15, 0.2) is 0 Å². The molecule has 0 saturated carbocycles. The van der Waals surface area contributed by atoms with Crippen molar-refractivity contribution < 1.29 is 36.1 Å². The van der Waals surface area contributed by atoms with Crippen molar-refractivity contribution in [3.8, 4) is 0 Å². The van der Waals surface area contributed by atoms with Crippen LogP contribution in [0.5, 0.6) is 0 Å². The molecule has 7 heteroatoms. The quantitative estimate of drug-likeness (QED) is 0.417. The van der Waals surface area contributed by atoms with E-state index in [1.165, 1.54) is 0 Å². The van der Waals surface area contributed by atoms with Gasteiger partial charge in [0, 0.05) is 0 Å². The van der Waals surface area contributed by atoms with Crippen LogP contribution >= 0.6 is 16.8 Å². The summed E-state index contributed by atoms with van der Waals surface area (Å²) in [5.41, 5.74) is 0. The Hall–Kier alpha value is 1.19. The zero-order chi connectivity index (χ0) is 8.57. The topological polar surface area (TPSA) is 92.2 Å². The average molecular weight is 243 g/mol. The third-order valence-electron chi connectivity index (χ3n) is 0.516. The first kappa shape index (κ1) is 18.1. The molecule has 0 radical (unpaired) electrons. The van der Waals surface area contributed by atoms with Gasteiger partial charge in [0.25, 0.3) is 0 Å². The van der Waals surface area contributed by atoms with Crippen molar-refractivity contribution in [1.29, 1.82) is 0 Å². The van der Waals surface area contributed by atoms with Gasteiger partial charge >= 0.3 is 16.5 Å². The van der Waals surface area contributed by atoms with E-state index in [-0.39, 0.29) is 28.8 Å². The SMILES string of the molecule is CCP([O-])[O-].CCP([O-])[O-].[Ni+4]. The van der Waals surface area contributed by atoms with Crippen LogP contribution in [0, 0.1) is 0 Å². The Morgan fingerprint density at radius 1 is 0.818 bits per heavy atom. The molecule has 0 bridgehead atoms. The summed E-state index contributed by atoms with van der Waals surface area (Å²) >= 11 is 0. The van der Waals surface area contributed by atoms with Crippen LogP contribution in [-0.4, -0.2) is 12.3 Å². The Kier molecular flexibility index (Phi) is 22.6. The Morgan fingerprint density at radius 3 is 0.909 bits per heavy atom. The molecule has 0 aliphatic carbocycles.